The molecule has 1 aliphatic heterocycles. The Hall–Kier alpha value is -5.13. The number of nitrogens with one attached hydrogen (secondary N) is 3. The van der Waals surface area contributed by atoms with Gasteiger partial charge < -0.3 is 30.0 Å². The Kier molecular flexibility index (Phi) is 11.4. The number of amides is 2. The topological polar surface area (TPSA) is 140 Å². The Morgan fingerprint density at radius 3 is 2.33 bits per heavy atom. The second-order valence-corrected chi connectivity index (χ2v) is 13.3. The fourth-order valence-corrected chi connectivity index (χ4v) is 5.67. The lowest BCUT2D eigenvalue weighted by atomic mass is 10.1. The summed E-state index contributed by atoms with van der Waals surface area (Å²) in [7, 11) is 1.64. The third-order valence-electron chi connectivity index (χ3n) is 8.28. The second-order valence-electron chi connectivity index (χ2n) is 13.3. The molecule has 0 aliphatic carbocycles. The molecule has 4 aromatic rings. The predicted molar refractivity (Wildman–Crippen MR) is 191 cm³/mol. The first kappa shape index (κ1) is 35.2. The van der Waals surface area contributed by atoms with E-state index in [4.69, 9.17) is 14.5 Å². The predicted octanol–water partition coefficient (Wildman–Crippen LogP) is 5.69. The van der Waals surface area contributed by atoms with Crippen molar-refractivity contribution in [3.63, 3.8) is 0 Å². The summed E-state index contributed by atoms with van der Waals surface area (Å²) in [6.07, 6.45) is 4.60. The van der Waals surface area contributed by atoms with E-state index in [1.165, 1.54) is 4.90 Å². The molecule has 1 atom stereocenters. The molecule has 2 aromatic carbocycles. The maximum absolute atomic E-state index is 13.8. The standard InChI is InChI=1S/C37H47N7O5/c1-6-7-19-38-32-31-29(41-35(42-32)40-23-26-14-16-28(48-5)17-15-26)18-21-43(34(31)46)24-27-12-10-25(11-13-27)22-39-33(45)30-9-8-20-44(30)36(47)49-37(2,3)4/h10-18,21,30H,6-9,19-20,22-24H2,1-5H3,(H,39,45)(H2,38,40,41,42)/t30-/m0/s1. The molecular formula is C37H47N7O5. The number of benzene rings is 2. The lowest BCUT2D eigenvalue weighted by Gasteiger charge is -2.28. The number of pyridine rings is 1. The van der Waals surface area contributed by atoms with E-state index in [0.717, 1.165) is 41.7 Å². The molecular weight excluding hydrogens is 622 g/mol. The van der Waals surface area contributed by atoms with Gasteiger partial charge in [-0.1, -0.05) is 49.7 Å². The lowest BCUT2D eigenvalue weighted by Crippen LogP contribution is -2.47. The van der Waals surface area contributed by atoms with Crippen LogP contribution >= 0.6 is 0 Å². The van der Waals surface area contributed by atoms with Crippen LogP contribution in [0.2, 0.25) is 0 Å². The van der Waals surface area contributed by atoms with Crippen LogP contribution in [0.25, 0.3) is 10.9 Å². The van der Waals surface area contributed by atoms with Gasteiger partial charge in [-0.2, -0.15) is 4.98 Å². The number of fused-ring (bicyclic) bond motifs is 1. The summed E-state index contributed by atoms with van der Waals surface area (Å²) in [6, 6.07) is 16.8. The van der Waals surface area contributed by atoms with Crippen molar-refractivity contribution in [2.45, 2.75) is 84.7 Å². The van der Waals surface area contributed by atoms with Crippen LogP contribution in [0.15, 0.2) is 65.6 Å². The quantitative estimate of drug-likeness (QED) is 0.153. The first-order valence-corrected chi connectivity index (χ1v) is 16.9. The summed E-state index contributed by atoms with van der Waals surface area (Å²) in [4.78, 5) is 50.2. The third kappa shape index (κ3) is 9.27. The van der Waals surface area contributed by atoms with Crippen LogP contribution in [-0.4, -0.2) is 63.3 Å². The third-order valence-corrected chi connectivity index (χ3v) is 8.28. The molecule has 2 aromatic heterocycles. The molecule has 3 N–H and O–H groups in total. The van der Waals surface area contributed by atoms with E-state index in [0.29, 0.717) is 61.8 Å². The minimum atomic E-state index is -0.623. The number of ether oxygens (including phenoxy) is 2. The van der Waals surface area contributed by atoms with Crippen LogP contribution in [0.1, 0.15) is 70.1 Å². The molecule has 49 heavy (non-hydrogen) atoms. The van der Waals surface area contributed by atoms with Gasteiger partial charge in [-0.3, -0.25) is 14.5 Å². The van der Waals surface area contributed by atoms with E-state index < -0.39 is 17.7 Å². The summed E-state index contributed by atoms with van der Waals surface area (Å²) in [5, 5.41) is 10.1. The van der Waals surface area contributed by atoms with Gasteiger partial charge in [0.05, 0.1) is 19.2 Å². The molecule has 0 saturated carbocycles. The molecule has 1 fully saturated rings. The number of anilines is 2. The van der Waals surface area contributed by atoms with Gasteiger partial charge >= 0.3 is 6.09 Å². The van der Waals surface area contributed by atoms with Crippen molar-refractivity contribution in [1.29, 1.82) is 0 Å². The van der Waals surface area contributed by atoms with Crippen LogP contribution in [0.5, 0.6) is 5.75 Å². The monoisotopic (exact) mass is 669 g/mol. The number of hydrogen-bond donors (Lipinski definition) is 3. The fraction of sp³-hybridized carbons (Fsp3) is 0.432. The molecule has 3 heterocycles. The average Bonchev–Trinajstić information content (AvgIpc) is 3.58. The van der Waals surface area contributed by atoms with Crippen molar-refractivity contribution in [3.05, 3.63) is 87.8 Å². The molecule has 1 saturated heterocycles. The molecule has 12 heteroatoms. The minimum Gasteiger partial charge on any atom is -0.497 e. The molecule has 2 amide bonds. The number of carbonyl (C=O) groups is 2. The number of unbranched alkanes of at least 4 members (excludes halogenated alkanes) is 1. The van der Waals surface area contributed by atoms with Crippen molar-refractivity contribution < 1.29 is 19.1 Å². The van der Waals surface area contributed by atoms with Gasteiger partial charge in [0.15, 0.2) is 0 Å². The highest BCUT2D eigenvalue weighted by atomic mass is 16.6. The van der Waals surface area contributed by atoms with E-state index in [1.807, 2.05) is 75.4 Å². The maximum Gasteiger partial charge on any atom is 0.410 e. The van der Waals surface area contributed by atoms with E-state index >= 15 is 0 Å². The molecule has 1 aliphatic rings. The van der Waals surface area contributed by atoms with Gasteiger partial charge in [-0.05, 0) is 74.9 Å². The first-order chi connectivity index (χ1) is 23.5. The molecule has 5 rings (SSSR count). The number of likely N-dealkylation sites (tertiary alicyclic amines) is 1. The number of nitrogens with zero attached hydrogens (tertiary/aromatic N) is 4. The fourth-order valence-electron chi connectivity index (χ4n) is 5.67. The number of aromatic nitrogens is 3. The largest absolute Gasteiger partial charge is 0.497 e. The van der Waals surface area contributed by atoms with E-state index in [1.54, 1.807) is 17.9 Å². The highest BCUT2D eigenvalue weighted by Crippen LogP contribution is 2.22. The molecule has 260 valence electrons. The zero-order valence-corrected chi connectivity index (χ0v) is 29.0. The van der Waals surface area contributed by atoms with Gasteiger partial charge in [0, 0.05) is 32.4 Å². The number of methoxy groups -OCH3 is 1. The van der Waals surface area contributed by atoms with Gasteiger partial charge in [-0.15, -0.1) is 0 Å². The maximum atomic E-state index is 13.8. The number of rotatable bonds is 13. The van der Waals surface area contributed by atoms with Crippen molar-refractivity contribution in [3.8, 4) is 5.75 Å². The summed E-state index contributed by atoms with van der Waals surface area (Å²) >= 11 is 0. The summed E-state index contributed by atoms with van der Waals surface area (Å²) < 4.78 is 12.4. The highest BCUT2D eigenvalue weighted by Gasteiger charge is 2.36. The van der Waals surface area contributed by atoms with Gasteiger partial charge in [0.2, 0.25) is 11.9 Å². The zero-order chi connectivity index (χ0) is 35.0. The van der Waals surface area contributed by atoms with Crippen LogP contribution in [0.4, 0.5) is 16.6 Å². The van der Waals surface area contributed by atoms with Crippen LogP contribution in [0.3, 0.4) is 0 Å². The molecule has 0 spiro atoms. The van der Waals surface area contributed by atoms with Gasteiger partial charge in [0.25, 0.3) is 5.56 Å². The first-order valence-electron chi connectivity index (χ1n) is 16.9. The molecule has 0 radical (unpaired) electrons. The van der Waals surface area contributed by atoms with Gasteiger partial charge in [0.1, 0.15) is 28.6 Å². The van der Waals surface area contributed by atoms with Crippen LogP contribution in [0, 0.1) is 0 Å². The molecule has 0 unspecified atom stereocenters. The Bertz CT molecular complexity index is 1800. The zero-order valence-electron chi connectivity index (χ0n) is 29.0. The smallest absolute Gasteiger partial charge is 0.410 e. The second kappa shape index (κ2) is 15.8. The Morgan fingerprint density at radius 2 is 1.63 bits per heavy atom. The van der Waals surface area contributed by atoms with Crippen LogP contribution < -0.4 is 26.2 Å². The van der Waals surface area contributed by atoms with E-state index in [9.17, 15) is 14.4 Å². The lowest BCUT2D eigenvalue weighted by molar-refractivity contribution is -0.125. The van der Waals surface area contributed by atoms with Gasteiger partial charge in [-0.25, -0.2) is 9.78 Å². The minimum absolute atomic E-state index is 0.180. The summed E-state index contributed by atoms with van der Waals surface area (Å²) in [5.74, 6) is 1.54. The molecule has 0 bridgehead atoms. The Morgan fingerprint density at radius 1 is 0.939 bits per heavy atom. The van der Waals surface area contributed by atoms with E-state index in [-0.39, 0.29) is 11.5 Å². The normalized spacial score (nSPS) is 14.5. The Balaban J connectivity index is 1.25. The SMILES string of the molecule is CCCCNc1nc(NCc2ccc(OC)cc2)nc2ccn(Cc3ccc(CNC(=O)[C@@H]4CCCN4C(=O)OC(C)(C)C)cc3)c(=O)c12. The molecule has 12 nitrogen and oxygen atoms in total. The highest BCUT2D eigenvalue weighted by molar-refractivity contribution is 5.89. The van der Waals surface area contributed by atoms with Crippen molar-refractivity contribution in [1.82, 2.24) is 24.8 Å². The summed E-state index contributed by atoms with van der Waals surface area (Å²) in [5.41, 5.74) is 2.65. The number of carbonyl (C=O) groups excluding carboxylic acids is 2. The van der Waals surface area contributed by atoms with E-state index in [2.05, 4.69) is 27.9 Å². The average molecular weight is 670 g/mol. The van der Waals surface area contributed by atoms with Crippen molar-refractivity contribution in [2.75, 3.05) is 30.8 Å². The van der Waals surface area contributed by atoms with Crippen molar-refractivity contribution >= 4 is 34.7 Å². The number of hydrogen-bond acceptors (Lipinski definition) is 9. The summed E-state index contributed by atoms with van der Waals surface area (Å²) in [6.45, 7) is 9.95. The van der Waals surface area contributed by atoms with Crippen LogP contribution in [-0.2, 0) is 29.2 Å². The van der Waals surface area contributed by atoms with Crippen molar-refractivity contribution in [2.24, 2.45) is 0 Å². The Labute approximate surface area is 287 Å².